The molecule has 0 saturated carbocycles. The molecule has 1 unspecified atom stereocenters. The molecule has 5 rings (SSSR count). The Morgan fingerprint density at radius 2 is 1.22 bits per heavy atom. The van der Waals surface area contributed by atoms with Crippen LogP contribution in [0.4, 0.5) is 0 Å². The van der Waals surface area contributed by atoms with Crippen LogP contribution in [-0.4, -0.2) is 11.7 Å². The van der Waals surface area contributed by atoms with Crippen molar-refractivity contribution in [3.05, 3.63) is 83.9 Å². The molecule has 0 saturated heterocycles. The van der Waals surface area contributed by atoms with Gasteiger partial charge in [0, 0.05) is 5.92 Å². The lowest BCUT2D eigenvalue weighted by molar-refractivity contribution is 0.283. The maximum atomic E-state index is 10.1. The highest BCUT2D eigenvalue weighted by atomic mass is 16.3. The molecule has 1 aliphatic rings. The first-order chi connectivity index (χ1) is 11.4. The number of fused-ring (bicyclic) bond motifs is 8. The summed E-state index contributed by atoms with van der Waals surface area (Å²) in [6, 6.07) is 25.7. The number of aliphatic hydroxyl groups is 1. The maximum Gasteiger partial charge on any atom is 0.0541 e. The van der Waals surface area contributed by atoms with Crippen molar-refractivity contribution in [3.63, 3.8) is 0 Å². The van der Waals surface area contributed by atoms with Crippen molar-refractivity contribution in [2.75, 3.05) is 6.61 Å². The van der Waals surface area contributed by atoms with Gasteiger partial charge in [0.25, 0.3) is 0 Å². The van der Waals surface area contributed by atoms with E-state index in [-0.39, 0.29) is 12.5 Å². The summed E-state index contributed by atoms with van der Waals surface area (Å²) >= 11 is 0. The Labute approximate surface area is 134 Å². The third-order valence-electron chi connectivity index (χ3n) is 5.11. The average molecular weight is 296 g/mol. The average Bonchev–Trinajstić information content (AvgIpc) is 2.97. The summed E-state index contributed by atoms with van der Waals surface area (Å²) < 4.78 is 0. The van der Waals surface area contributed by atoms with E-state index in [9.17, 15) is 5.11 Å². The van der Waals surface area contributed by atoms with Gasteiger partial charge in [-0.1, -0.05) is 72.8 Å². The van der Waals surface area contributed by atoms with Gasteiger partial charge in [-0.3, -0.25) is 0 Å². The van der Waals surface area contributed by atoms with Gasteiger partial charge in [0.05, 0.1) is 6.61 Å². The summed E-state index contributed by atoms with van der Waals surface area (Å²) in [6.07, 6.45) is 0. The molecule has 0 spiro atoms. The van der Waals surface area contributed by atoms with Crippen molar-refractivity contribution in [2.24, 2.45) is 0 Å². The first kappa shape index (κ1) is 12.9. The fraction of sp³-hybridized carbons (Fsp3) is 0.0909. The Hall–Kier alpha value is -2.64. The molecule has 1 N–H and O–H groups in total. The Kier molecular flexibility index (Phi) is 2.61. The van der Waals surface area contributed by atoms with Gasteiger partial charge in [0.2, 0.25) is 0 Å². The van der Waals surface area contributed by atoms with Gasteiger partial charge in [-0.25, -0.2) is 0 Å². The van der Waals surface area contributed by atoms with Crippen molar-refractivity contribution in [3.8, 4) is 11.1 Å². The Bertz CT molecular complexity index is 1060. The molecule has 0 aliphatic heterocycles. The highest BCUT2D eigenvalue weighted by Crippen LogP contribution is 2.51. The van der Waals surface area contributed by atoms with Crippen LogP contribution in [0.2, 0.25) is 0 Å². The van der Waals surface area contributed by atoms with Crippen LogP contribution in [0.15, 0.2) is 72.8 Å². The van der Waals surface area contributed by atoms with E-state index in [0.29, 0.717) is 0 Å². The van der Waals surface area contributed by atoms with Crippen LogP contribution in [-0.2, 0) is 0 Å². The van der Waals surface area contributed by atoms with E-state index in [0.717, 1.165) is 0 Å². The normalized spacial score (nSPS) is 15.8. The third-order valence-corrected chi connectivity index (χ3v) is 5.11. The van der Waals surface area contributed by atoms with Crippen molar-refractivity contribution >= 4 is 21.5 Å². The molecule has 1 heteroatoms. The lowest BCUT2D eigenvalue weighted by Crippen LogP contribution is -2.02. The second kappa shape index (κ2) is 4.68. The Morgan fingerprint density at radius 1 is 0.652 bits per heavy atom. The fourth-order valence-corrected chi connectivity index (χ4v) is 4.19. The summed E-state index contributed by atoms with van der Waals surface area (Å²) in [6.45, 7) is 0.145. The second-order valence-electron chi connectivity index (χ2n) is 6.20. The SMILES string of the molecule is OCC1c2ccccc2-c2c1c1ccccc1c1ccccc21. The molecule has 0 heterocycles. The number of aliphatic hydroxyl groups excluding tert-OH is 1. The number of benzene rings is 4. The standard InChI is InChI=1S/C22H16O/c23-13-20-16-9-3-6-12-19(16)21-17-10-4-1-7-14(17)15-8-2-5-11-18(15)22(20)21/h1-12,20,23H,13H2. The highest BCUT2D eigenvalue weighted by Gasteiger charge is 2.31. The van der Waals surface area contributed by atoms with Crippen LogP contribution in [0.3, 0.4) is 0 Å². The van der Waals surface area contributed by atoms with E-state index in [2.05, 4.69) is 72.8 Å². The third kappa shape index (κ3) is 1.60. The maximum absolute atomic E-state index is 10.1. The molecule has 110 valence electrons. The predicted molar refractivity (Wildman–Crippen MR) is 95.8 cm³/mol. The van der Waals surface area contributed by atoms with Crippen LogP contribution in [0, 0.1) is 0 Å². The molecule has 0 bridgehead atoms. The Balaban J connectivity index is 2.08. The Morgan fingerprint density at radius 3 is 1.96 bits per heavy atom. The van der Waals surface area contributed by atoms with Crippen LogP contribution in [0.1, 0.15) is 17.0 Å². The molecule has 1 atom stereocenters. The van der Waals surface area contributed by atoms with E-state index in [4.69, 9.17) is 0 Å². The molecular weight excluding hydrogens is 280 g/mol. The van der Waals surface area contributed by atoms with Gasteiger partial charge >= 0.3 is 0 Å². The summed E-state index contributed by atoms with van der Waals surface area (Å²) in [5.41, 5.74) is 5.09. The lowest BCUT2D eigenvalue weighted by atomic mass is 9.89. The van der Waals surface area contributed by atoms with E-state index in [1.165, 1.54) is 43.8 Å². The largest absolute Gasteiger partial charge is 0.395 e. The van der Waals surface area contributed by atoms with Crippen LogP contribution in [0.25, 0.3) is 32.7 Å². The summed E-state index contributed by atoms with van der Waals surface area (Å²) in [5, 5.41) is 15.2. The molecule has 1 aliphatic carbocycles. The van der Waals surface area contributed by atoms with E-state index >= 15 is 0 Å². The molecule has 4 aromatic carbocycles. The summed E-state index contributed by atoms with van der Waals surface area (Å²) in [4.78, 5) is 0. The van der Waals surface area contributed by atoms with Gasteiger partial charge in [0.15, 0.2) is 0 Å². The number of rotatable bonds is 1. The van der Waals surface area contributed by atoms with Gasteiger partial charge in [-0.05, 0) is 43.8 Å². The zero-order chi connectivity index (χ0) is 15.4. The van der Waals surface area contributed by atoms with E-state index in [1.807, 2.05) is 0 Å². The zero-order valence-corrected chi connectivity index (χ0v) is 12.7. The minimum atomic E-state index is 0.0655. The fourth-order valence-electron chi connectivity index (χ4n) is 4.19. The quantitative estimate of drug-likeness (QED) is 0.485. The zero-order valence-electron chi connectivity index (χ0n) is 12.7. The molecule has 23 heavy (non-hydrogen) atoms. The van der Waals surface area contributed by atoms with Crippen molar-refractivity contribution in [2.45, 2.75) is 5.92 Å². The minimum absolute atomic E-state index is 0.0655. The smallest absolute Gasteiger partial charge is 0.0541 e. The predicted octanol–water partition coefficient (Wildman–Crippen LogP) is 5.10. The van der Waals surface area contributed by atoms with Crippen LogP contribution < -0.4 is 0 Å². The van der Waals surface area contributed by atoms with Gasteiger partial charge in [-0.15, -0.1) is 0 Å². The van der Waals surface area contributed by atoms with Gasteiger partial charge < -0.3 is 5.11 Å². The second-order valence-corrected chi connectivity index (χ2v) is 6.20. The summed E-state index contributed by atoms with van der Waals surface area (Å²) in [5.74, 6) is 0.0655. The number of hydrogen-bond acceptors (Lipinski definition) is 1. The minimum Gasteiger partial charge on any atom is -0.395 e. The number of hydrogen-bond donors (Lipinski definition) is 1. The monoisotopic (exact) mass is 296 g/mol. The first-order valence-electron chi connectivity index (χ1n) is 8.03. The molecule has 0 aromatic heterocycles. The van der Waals surface area contributed by atoms with Crippen LogP contribution >= 0.6 is 0 Å². The molecule has 1 nitrogen and oxygen atoms in total. The van der Waals surface area contributed by atoms with Gasteiger partial charge in [0.1, 0.15) is 0 Å². The van der Waals surface area contributed by atoms with Crippen molar-refractivity contribution in [1.29, 1.82) is 0 Å². The van der Waals surface area contributed by atoms with Crippen molar-refractivity contribution in [1.82, 2.24) is 0 Å². The highest BCUT2D eigenvalue weighted by molar-refractivity contribution is 6.17. The molecule has 0 fully saturated rings. The molecular formula is C22H16O. The van der Waals surface area contributed by atoms with E-state index in [1.54, 1.807) is 0 Å². The lowest BCUT2D eigenvalue weighted by Gasteiger charge is -2.15. The molecule has 4 aromatic rings. The molecule has 0 amide bonds. The summed E-state index contributed by atoms with van der Waals surface area (Å²) in [7, 11) is 0. The van der Waals surface area contributed by atoms with Crippen LogP contribution in [0.5, 0.6) is 0 Å². The van der Waals surface area contributed by atoms with Gasteiger partial charge in [-0.2, -0.15) is 0 Å². The first-order valence-corrected chi connectivity index (χ1v) is 8.03. The molecule has 0 radical (unpaired) electrons. The van der Waals surface area contributed by atoms with Crippen molar-refractivity contribution < 1.29 is 5.11 Å². The van der Waals surface area contributed by atoms with E-state index < -0.39 is 0 Å². The topological polar surface area (TPSA) is 20.2 Å².